The van der Waals surface area contributed by atoms with Crippen molar-refractivity contribution in [1.82, 2.24) is 0 Å². The number of ether oxygens (including phenoxy) is 1. The van der Waals surface area contributed by atoms with E-state index in [1.807, 2.05) is 0 Å². The average molecular weight is 260 g/mol. The van der Waals surface area contributed by atoms with Crippen molar-refractivity contribution in [3.8, 4) is 5.75 Å². The Morgan fingerprint density at radius 2 is 2.00 bits per heavy atom. The van der Waals surface area contributed by atoms with Crippen LogP contribution < -0.4 is 15.8 Å². The molecule has 0 atom stereocenters. The normalized spacial score (nSPS) is 10.0. The zero-order chi connectivity index (χ0) is 13.8. The molecule has 0 aliphatic rings. The van der Waals surface area contributed by atoms with E-state index in [2.05, 4.69) is 5.32 Å². The van der Waals surface area contributed by atoms with Crippen LogP contribution in [-0.4, -0.2) is 13.0 Å². The number of nitrogens with one attached hydrogen (secondary N) is 1. The second-order valence-electron chi connectivity index (χ2n) is 3.90. The van der Waals surface area contributed by atoms with Crippen LogP contribution >= 0.6 is 0 Å². The summed E-state index contributed by atoms with van der Waals surface area (Å²) in [5, 5.41) is 2.58. The van der Waals surface area contributed by atoms with Crippen molar-refractivity contribution in [2.45, 2.75) is 0 Å². The van der Waals surface area contributed by atoms with Crippen LogP contribution in [0, 0.1) is 5.82 Å². The second-order valence-corrected chi connectivity index (χ2v) is 3.90. The maximum Gasteiger partial charge on any atom is 0.262 e. The van der Waals surface area contributed by atoms with Crippen LogP contribution in [0.4, 0.5) is 15.8 Å². The van der Waals surface area contributed by atoms with Crippen LogP contribution in [0.15, 0.2) is 42.5 Å². The Bertz CT molecular complexity index is 614. The van der Waals surface area contributed by atoms with E-state index in [4.69, 9.17) is 10.5 Å². The Balaban J connectivity index is 2.30. The molecule has 2 aromatic rings. The van der Waals surface area contributed by atoms with Gasteiger partial charge in [0, 0.05) is 11.4 Å². The quantitative estimate of drug-likeness (QED) is 0.834. The third-order valence-corrected chi connectivity index (χ3v) is 2.57. The first-order chi connectivity index (χ1) is 9.11. The maximum atomic E-state index is 13.7. The highest BCUT2D eigenvalue weighted by atomic mass is 19.1. The maximum absolute atomic E-state index is 13.7. The van der Waals surface area contributed by atoms with Gasteiger partial charge in [-0.2, -0.15) is 0 Å². The summed E-state index contributed by atoms with van der Waals surface area (Å²) in [5.74, 6) is -1.04. The molecule has 0 spiro atoms. The predicted molar refractivity (Wildman–Crippen MR) is 71.8 cm³/mol. The largest absolute Gasteiger partial charge is 0.496 e. The molecule has 2 rings (SSSR count). The lowest BCUT2D eigenvalue weighted by molar-refractivity contribution is 0.102. The van der Waals surface area contributed by atoms with E-state index < -0.39 is 11.7 Å². The number of anilines is 2. The Labute approximate surface area is 110 Å². The zero-order valence-corrected chi connectivity index (χ0v) is 10.3. The highest BCUT2D eigenvalue weighted by Gasteiger charge is 2.17. The van der Waals surface area contributed by atoms with Crippen molar-refractivity contribution < 1.29 is 13.9 Å². The van der Waals surface area contributed by atoms with Gasteiger partial charge in [-0.15, -0.1) is 0 Å². The summed E-state index contributed by atoms with van der Waals surface area (Å²) < 4.78 is 18.7. The van der Waals surface area contributed by atoms with Crippen molar-refractivity contribution in [3.63, 3.8) is 0 Å². The molecule has 1 amide bonds. The van der Waals surface area contributed by atoms with Crippen LogP contribution in [0.25, 0.3) is 0 Å². The van der Waals surface area contributed by atoms with Crippen molar-refractivity contribution in [3.05, 3.63) is 53.8 Å². The molecule has 19 heavy (non-hydrogen) atoms. The standard InChI is InChI=1S/C14H13FN2O2/c1-19-12-7-3-6-11(15)13(12)14(18)17-10-5-2-4-9(16)8-10/h2-8H,16H2,1H3,(H,17,18). The summed E-state index contributed by atoms with van der Waals surface area (Å²) in [6, 6.07) is 10.9. The lowest BCUT2D eigenvalue weighted by atomic mass is 10.1. The van der Waals surface area contributed by atoms with E-state index in [1.165, 1.54) is 25.3 Å². The van der Waals surface area contributed by atoms with Crippen LogP contribution in [0.5, 0.6) is 5.75 Å². The third-order valence-electron chi connectivity index (χ3n) is 2.57. The summed E-state index contributed by atoms with van der Waals surface area (Å²) in [6.07, 6.45) is 0. The number of benzene rings is 2. The lowest BCUT2D eigenvalue weighted by Gasteiger charge is -2.10. The van der Waals surface area contributed by atoms with Gasteiger partial charge in [0.15, 0.2) is 0 Å². The molecule has 98 valence electrons. The Kier molecular flexibility index (Phi) is 3.66. The fourth-order valence-electron chi connectivity index (χ4n) is 1.70. The van der Waals surface area contributed by atoms with E-state index in [0.717, 1.165) is 0 Å². The van der Waals surface area contributed by atoms with Gasteiger partial charge in [-0.25, -0.2) is 4.39 Å². The first-order valence-corrected chi connectivity index (χ1v) is 5.61. The van der Waals surface area contributed by atoms with Gasteiger partial charge in [0.1, 0.15) is 17.1 Å². The molecule has 3 N–H and O–H groups in total. The number of carbonyl (C=O) groups is 1. The van der Waals surface area contributed by atoms with Gasteiger partial charge in [-0.05, 0) is 30.3 Å². The number of methoxy groups -OCH3 is 1. The number of halogens is 1. The summed E-state index contributed by atoms with van der Waals surface area (Å²) >= 11 is 0. The summed E-state index contributed by atoms with van der Waals surface area (Å²) in [7, 11) is 1.38. The first kappa shape index (κ1) is 12.9. The van der Waals surface area contributed by atoms with Gasteiger partial charge in [-0.1, -0.05) is 12.1 Å². The molecule has 0 saturated carbocycles. The molecule has 0 saturated heterocycles. The number of rotatable bonds is 3. The fraction of sp³-hybridized carbons (Fsp3) is 0.0714. The topological polar surface area (TPSA) is 64.3 Å². The van der Waals surface area contributed by atoms with E-state index in [9.17, 15) is 9.18 Å². The Hall–Kier alpha value is -2.56. The summed E-state index contributed by atoms with van der Waals surface area (Å²) in [6.45, 7) is 0. The zero-order valence-electron chi connectivity index (χ0n) is 10.3. The summed E-state index contributed by atoms with van der Waals surface area (Å²) in [5.41, 5.74) is 6.48. The minimum Gasteiger partial charge on any atom is -0.496 e. The Morgan fingerprint density at radius 1 is 1.26 bits per heavy atom. The monoisotopic (exact) mass is 260 g/mol. The average Bonchev–Trinajstić information content (AvgIpc) is 2.38. The van der Waals surface area contributed by atoms with Crippen molar-refractivity contribution >= 4 is 17.3 Å². The Morgan fingerprint density at radius 3 is 2.68 bits per heavy atom. The van der Waals surface area contributed by atoms with E-state index in [1.54, 1.807) is 24.3 Å². The van der Waals surface area contributed by atoms with Gasteiger partial charge in [0.2, 0.25) is 0 Å². The van der Waals surface area contributed by atoms with E-state index >= 15 is 0 Å². The van der Waals surface area contributed by atoms with E-state index in [-0.39, 0.29) is 11.3 Å². The predicted octanol–water partition coefficient (Wildman–Crippen LogP) is 2.67. The minimum absolute atomic E-state index is 0.132. The molecule has 0 aromatic heterocycles. The van der Waals surface area contributed by atoms with Gasteiger partial charge >= 0.3 is 0 Å². The molecule has 0 aliphatic carbocycles. The van der Waals surface area contributed by atoms with Crippen LogP contribution in [0.3, 0.4) is 0 Å². The van der Waals surface area contributed by atoms with Crippen molar-refractivity contribution in [2.75, 3.05) is 18.2 Å². The van der Waals surface area contributed by atoms with Gasteiger partial charge in [0.05, 0.1) is 7.11 Å². The molecule has 0 heterocycles. The molecule has 5 heteroatoms. The molecule has 4 nitrogen and oxygen atoms in total. The molecule has 0 fully saturated rings. The molecule has 0 unspecified atom stereocenters. The SMILES string of the molecule is COc1cccc(F)c1C(=O)Nc1cccc(N)c1. The second kappa shape index (κ2) is 5.39. The number of amides is 1. The van der Waals surface area contributed by atoms with Crippen molar-refractivity contribution in [1.29, 1.82) is 0 Å². The number of hydrogen-bond acceptors (Lipinski definition) is 3. The first-order valence-electron chi connectivity index (χ1n) is 5.61. The highest BCUT2D eigenvalue weighted by Crippen LogP contribution is 2.22. The van der Waals surface area contributed by atoms with Gasteiger partial charge in [0.25, 0.3) is 5.91 Å². The molecular weight excluding hydrogens is 247 g/mol. The smallest absolute Gasteiger partial charge is 0.262 e. The van der Waals surface area contributed by atoms with Crippen molar-refractivity contribution in [2.24, 2.45) is 0 Å². The van der Waals surface area contributed by atoms with Gasteiger partial charge in [-0.3, -0.25) is 4.79 Å². The van der Waals surface area contributed by atoms with Crippen LogP contribution in [-0.2, 0) is 0 Å². The molecule has 0 radical (unpaired) electrons. The minimum atomic E-state index is -0.638. The summed E-state index contributed by atoms with van der Waals surface area (Å²) in [4.78, 5) is 12.1. The number of hydrogen-bond donors (Lipinski definition) is 2. The van der Waals surface area contributed by atoms with Crippen LogP contribution in [0.2, 0.25) is 0 Å². The fourth-order valence-corrected chi connectivity index (χ4v) is 1.70. The number of nitrogen functional groups attached to an aromatic ring is 1. The molecule has 0 bridgehead atoms. The number of nitrogens with two attached hydrogens (primary N) is 1. The number of carbonyl (C=O) groups excluding carboxylic acids is 1. The third kappa shape index (κ3) is 2.82. The molecule has 0 aliphatic heterocycles. The van der Waals surface area contributed by atoms with Crippen LogP contribution in [0.1, 0.15) is 10.4 Å². The lowest BCUT2D eigenvalue weighted by Crippen LogP contribution is -2.15. The van der Waals surface area contributed by atoms with E-state index in [0.29, 0.717) is 11.4 Å². The highest BCUT2D eigenvalue weighted by molar-refractivity contribution is 6.06. The molecule has 2 aromatic carbocycles. The molecular formula is C14H13FN2O2. The van der Waals surface area contributed by atoms with Gasteiger partial charge < -0.3 is 15.8 Å².